The molecule has 0 aliphatic carbocycles. The maximum absolute atomic E-state index is 12.3. The highest BCUT2D eigenvalue weighted by Gasteiger charge is 2.16. The lowest BCUT2D eigenvalue weighted by Gasteiger charge is -2.11. The summed E-state index contributed by atoms with van der Waals surface area (Å²) in [5.41, 5.74) is 6.95. The van der Waals surface area contributed by atoms with Gasteiger partial charge in [-0.15, -0.1) is 0 Å². The number of rotatable bonds is 4. The summed E-state index contributed by atoms with van der Waals surface area (Å²) >= 11 is 6.00. The van der Waals surface area contributed by atoms with Crippen molar-refractivity contribution in [3.8, 4) is 0 Å². The standard InChI is InChI=1S/C16H15ClN2O3/c1-2-22-16(21)11-5-3-4-6-14(11)19-15(20)12-9-10(18)7-8-13(12)17/h3-9H,2,18H2,1H3,(H,19,20). The zero-order valence-electron chi connectivity index (χ0n) is 11.9. The summed E-state index contributed by atoms with van der Waals surface area (Å²) in [5.74, 6) is -0.953. The van der Waals surface area contributed by atoms with Crippen molar-refractivity contribution in [1.82, 2.24) is 0 Å². The lowest BCUT2D eigenvalue weighted by Crippen LogP contribution is -2.16. The van der Waals surface area contributed by atoms with Gasteiger partial charge in [0.05, 0.1) is 28.4 Å². The van der Waals surface area contributed by atoms with Crippen LogP contribution in [0.3, 0.4) is 0 Å². The average Bonchev–Trinajstić information content (AvgIpc) is 2.50. The van der Waals surface area contributed by atoms with Crippen LogP contribution in [0, 0.1) is 0 Å². The first-order valence-corrected chi connectivity index (χ1v) is 7.03. The van der Waals surface area contributed by atoms with Crippen molar-refractivity contribution in [2.75, 3.05) is 17.7 Å². The molecular formula is C16H15ClN2O3. The number of nitrogen functional groups attached to an aromatic ring is 1. The molecule has 2 rings (SSSR count). The lowest BCUT2D eigenvalue weighted by atomic mass is 10.1. The summed E-state index contributed by atoms with van der Waals surface area (Å²) in [7, 11) is 0. The summed E-state index contributed by atoms with van der Waals surface area (Å²) in [6.45, 7) is 1.97. The number of nitrogens with one attached hydrogen (secondary N) is 1. The summed E-state index contributed by atoms with van der Waals surface area (Å²) in [6, 6.07) is 11.2. The van der Waals surface area contributed by atoms with E-state index in [0.29, 0.717) is 11.4 Å². The number of amides is 1. The monoisotopic (exact) mass is 318 g/mol. The first-order chi connectivity index (χ1) is 10.5. The summed E-state index contributed by atoms with van der Waals surface area (Å²) in [6.07, 6.45) is 0. The van der Waals surface area contributed by atoms with E-state index in [4.69, 9.17) is 22.1 Å². The Morgan fingerprint density at radius 2 is 1.91 bits per heavy atom. The van der Waals surface area contributed by atoms with Gasteiger partial charge >= 0.3 is 5.97 Å². The maximum Gasteiger partial charge on any atom is 0.340 e. The molecule has 0 radical (unpaired) electrons. The molecule has 22 heavy (non-hydrogen) atoms. The number of ether oxygens (including phenoxy) is 1. The van der Waals surface area contributed by atoms with E-state index < -0.39 is 11.9 Å². The van der Waals surface area contributed by atoms with Crippen LogP contribution in [0.2, 0.25) is 5.02 Å². The smallest absolute Gasteiger partial charge is 0.340 e. The number of esters is 1. The molecule has 2 aromatic rings. The Labute approximate surface area is 133 Å². The van der Waals surface area contributed by atoms with Crippen LogP contribution in [0.25, 0.3) is 0 Å². The summed E-state index contributed by atoms with van der Waals surface area (Å²) < 4.78 is 4.96. The zero-order chi connectivity index (χ0) is 16.1. The van der Waals surface area contributed by atoms with Gasteiger partial charge in [-0.25, -0.2) is 4.79 Å². The van der Waals surface area contributed by atoms with E-state index in [9.17, 15) is 9.59 Å². The van der Waals surface area contributed by atoms with Gasteiger partial charge in [0, 0.05) is 5.69 Å². The Hall–Kier alpha value is -2.53. The van der Waals surface area contributed by atoms with Crippen molar-refractivity contribution in [1.29, 1.82) is 0 Å². The fraction of sp³-hybridized carbons (Fsp3) is 0.125. The molecule has 0 fully saturated rings. The topological polar surface area (TPSA) is 81.4 Å². The number of nitrogens with two attached hydrogens (primary N) is 1. The molecule has 2 aromatic carbocycles. The van der Waals surface area contributed by atoms with Gasteiger partial charge in [0.15, 0.2) is 0 Å². The molecule has 0 bridgehead atoms. The van der Waals surface area contributed by atoms with Crippen LogP contribution >= 0.6 is 11.6 Å². The minimum absolute atomic E-state index is 0.236. The van der Waals surface area contributed by atoms with Gasteiger partial charge in [-0.3, -0.25) is 4.79 Å². The van der Waals surface area contributed by atoms with Gasteiger partial charge in [-0.2, -0.15) is 0 Å². The van der Waals surface area contributed by atoms with Gasteiger partial charge in [0.2, 0.25) is 0 Å². The van der Waals surface area contributed by atoms with Gasteiger partial charge < -0.3 is 15.8 Å². The normalized spacial score (nSPS) is 10.1. The van der Waals surface area contributed by atoms with Crippen LogP contribution in [0.4, 0.5) is 11.4 Å². The van der Waals surface area contributed by atoms with E-state index in [1.165, 1.54) is 6.07 Å². The first-order valence-electron chi connectivity index (χ1n) is 6.65. The third kappa shape index (κ3) is 3.56. The number of hydrogen-bond acceptors (Lipinski definition) is 4. The number of benzene rings is 2. The predicted octanol–water partition coefficient (Wildman–Crippen LogP) is 3.35. The second-order valence-electron chi connectivity index (χ2n) is 4.46. The van der Waals surface area contributed by atoms with Gasteiger partial charge in [0.1, 0.15) is 0 Å². The second-order valence-corrected chi connectivity index (χ2v) is 4.87. The molecule has 0 heterocycles. The van der Waals surface area contributed by atoms with E-state index in [-0.39, 0.29) is 22.8 Å². The molecule has 0 aliphatic heterocycles. The Balaban J connectivity index is 2.29. The molecule has 1 amide bonds. The Bertz CT molecular complexity index is 716. The molecule has 0 saturated heterocycles. The fourth-order valence-corrected chi connectivity index (χ4v) is 2.09. The van der Waals surface area contributed by atoms with Gasteiger partial charge in [0.25, 0.3) is 5.91 Å². The van der Waals surface area contributed by atoms with Crippen LogP contribution in [0.1, 0.15) is 27.6 Å². The largest absolute Gasteiger partial charge is 0.462 e. The molecule has 0 atom stereocenters. The molecular weight excluding hydrogens is 304 g/mol. The first kappa shape index (κ1) is 15.9. The molecule has 0 aliphatic rings. The molecule has 0 saturated carbocycles. The number of hydrogen-bond donors (Lipinski definition) is 2. The van der Waals surface area contributed by atoms with E-state index in [2.05, 4.69) is 5.32 Å². The number of carbonyl (C=O) groups is 2. The molecule has 114 valence electrons. The minimum Gasteiger partial charge on any atom is -0.462 e. The highest BCUT2D eigenvalue weighted by atomic mass is 35.5. The van der Waals surface area contributed by atoms with Crippen LogP contribution in [0.5, 0.6) is 0 Å². The zero-order valence-corrected chi connectivity index (χ0v) is 12.7. The molecule has 6 heteroatoms. The highest BCUT2D eigenvalue weighted by Crippen LogP contribution is 2.22. The molecule has 5 nitrogen and oxygen atoms in total. The molecule has 0 spiro atoms. The Kier molecular flexibility index (Phi) is 5.01. The van der Waals surface area contributed by atoms with E-state index in [1.54, 1.807) is 43.3 Å². The van der Waals surface area contributed by atoms with E-state index in [1.807, 2.05) is 0 Å². The van der Waals surface area contributed by atoms with Crippen molar-refractivity contribution in [3.63, 3.8) is 0 Å². The SMILES string of the molecule is CCOC(=O)c1ccccc1NC(=O)c1cc(N)ccc1Cl. The highest BCUT2D eigenvalue weighted by molar-refractivity contribution is 6.34. The number of para-hydroxylation sites is 1. The number of halogens is 1. The maximum atomic E-state index is 12.3. The second kappa shape index (κ2) is 6.95. The van der Waals surface area contributed by atoms with Crippen LogP contribution in [0.15, 0.2) is 42.5 Å². The van der Waals surface area contributed by atoms with Crippen molar-refractivity contribution < 1.29 is 14.3 Å². The number of anilines is 2. The third-order valence-electron chi connectivity index (χ3n) is 2.91. The van der Waals surface area contributed by atoms with Gasteiger partial charge in [-0.1, -0.05) is 23.7 Å². The average molecular weight is 319 g/mol. The van der Waals surface area contributed by atoms with Crippen molar-refractivity contribution in [2.24, 2.45) is 0 Å². The van der Waals surface area contributed by atoms with Crippen LogP contribution in [-0.2, 0) is 4.74 Å². The van der Waals surface area contributed by atoms with Crippen molar-refractivity contribution in [2.45, 2.75) is 6.92 Å². The van der Waals surface area contributed by atoms with Gasteiger partial charge in [-0.05, 0) is 37.3 Å². The summed E-state index contributed by atoms with van der Waals surface area (Å²) in [4.78, 5) is 24.2. The fourth-order valence-electron chi connectivity index (χ4n) is 1.89. The minimum atomic E-state index is -0.503. The quantitative estimate of drug-likeness (QED) is 0.669. The van der Waals surface area contributed by atoms with E-state index >= 15 is 0 Å². The molecule has 0 unspecified atom stereocenters. The lowest BCUT2D eigenvalue weighted by molar-refractivity contribution is 0.0527. The Morgan fingerprint density at radius 3 is 2.64 bits per heavy atom. The summed E-state index contributed by atoms with van der Waals surface area (Å²) in [5, 5.41) is 2.93. The van der Waals surface area contributed by atoms with Crippen LogP contribution in [-0.4, -0.2) is 18.5 Å². The van der Waals surface area contributed by atoms with E-state index in [0.717, 1.165) is 0 Å². The van der Waals surface area contributed by atoms with Crippen LogP contribution < -0.4 is 11.1 Å². The molecule has 0 aromatic heterocycles. The van der Waals surface area contributed by atoms with Crippen molar-refractivity contribution in [3.05, 3.63) is 58.6 Å². The Morgan fingerprint density at radius 1 is 1.18 bits per heavy atom. The predicted molar refractivity (Wildman–Crippen MR) is 86.2 cm³/mol. The van der Waals surface area contributed by atoms with Crippen molar-refractivity contribution >= 4 is 34.9 Å². The third-order valence-corrected chi connectivity index (χ3v) is 3.24. The number of carbonyl (C=O) groups excluding carboxylic acids is 2. The molecule has 3 N–H and O–H groups in total.